The molecule has 0 fully saturated rings. The minimum Gasteiger partial charge on any atom is -0.355 e. The summed E-state index contributed by atoms with van der Waals surface area (Å²) in [5, 5.41) is 5.47. The van der Waals surface area contributed by atoms with Gasteiger partial charge in [0.15, 0.2) is 11.6 Å². The van der Waals surface area contributed by atoms with Gasteiger partial charge in [0.1, 0.15) is 0 Å². The molecule has 0 spiro atoms. The van der Waals surface area contributed by atoms with Crippen molar-refractivity contribution in [1.29, 1.82) is 0 Å². The van der Waals surface area contributed by atoms with Gasteiger partial charge in [0.05, 0.1) is 11.0 Å². The molecule has 1 heterocycles. The van der Waals surface area contributed by atoms with Crippen LogP contribution in [-0.4, -0.2) is 4.57 Å². The van der Waals surface area contributed by atoms with Crippen molar-refractivity contribution in [2.45, 2.75) is 0 Å². The van der Waals surface area contributed by atoms with Gasteiger partial charge in [-0.2, -0.15) is 0 Å². The van der Waals surface area contributed by atoms with Gasteiger partial charge >= 0.3 is 0 Å². The van der Waals surface area contributed by atoms with Crippen LogP contribution in [0.3, 0.4) is 0 Å². The first-order valence-corrected chi connectivity index (χ1v) is 11.1. The molecule has 0 aliphatic rings. The fraction of sp³-hybridized carbons (Fsp3) is 0. The second-order valence-electron chi connectivity index (χ2n) is 8.20. The van der Waals surface area contributed by atoms with E-state index in [9.17, 15) is 0 Å². The Balaban J connectivity index is 1.58. The molecule has 1 N–H and O–H groups in total. The molecule has 1 aromatic heterocycles. The van der Waals surface area contributed by atoms with Crippen LogP contribution in [0, 0.1) is 11.6 Å². The molecule has 0 aliphatic carbocycles. The summed E-state index contributed by atoms with van der Waals surface area (Å²) in [6.45, 7) is 0. The summed E-state index contributed by atoms with van der Waals surface area (Å²) in [6, 6.07) is 36.0. The summed E-state index contributed by atoms with van der Waals surface area (Å²) in [5.41, 5.74) is 4.82. The summed E-state index contributed by atoms with van der Waals surface area (Å²) in [6.07, 6.45) is 0. The van der Waals surface area contributed by atoms with Crippen LogP contribution in [0.15, 0.2) is 115 Å². The minimum absolute atomic E-state index is 0.205. The number of para-hydroxylation sites is 4. The zero-order valence-electron chi connectivity index (χ0n) is 18.2. The number of nitrogens with zero attached hydrogens (tertiary/aromatic N) is 1. The fourth-order valence-electron chi connectivity index (χ4n) is 4.60. The molecule has 0 saturated carbocycles. The van der Waals surface area contributed by atoms with E-state index < -0.39 is 11.6 Å². The summed E-state index contributed by atoms with van der Waals surface area (Å²) in [4.78, 5) is 0. The van der Waals surface area contributed by atoms with Crippen molar-refractivity contribution in [3.63, 3.8) is 0 Å². The molecule has 6 aromatic rings. The first kappa shape index (κ1) is 20.2. The van der Waals surface area contributed by atoms with E-state index in [2.05, 4.69) is 5.32 Å². The lowest BCUT2D eigenvalue weighted by molar-refractivity contribution is 0.511. The van der Waals surface area contributed by atoms with Gasteiger partial charge in [-0.25, -0.2) is 8.78 Å². The molecule has 0 unspecified atom stereocenters. The molecule has 4 heteroatoms. The van der Waals surface area contributed by atoms with Crippen LogP contribution in [0.2, 0.25) is 0 Å². The van der Waals surface area contributed by atoms with Crippen LogP contribution in [0.4, 0.5) is 20.2 Å². The Morgan fingerprint density at radius 2 is 1.15 bits per heavy atom. The standard InChI is InChI=1S/C30H20F2N2/c31-26-19-21(34-28-16-8-5-13-23(28)24-14-6-9-17-29(24)34)18-25(30(26)32)22-12-4-7-15-27(22)33-20-10-2-1-3-11-20/h1-19,33H. The fourth-order valence-corrected chi connectivity index (χ4v) is 4.60. The average molecular weight is 447 g/mol. The predicted molar refractivity (Wildman–Crippen MR) is 136 cm³/mol. The van der Waals surface area contributed by atoms with Crippen LogP contribution in [0.5, 0.6) is 0 Å². The normalized spacial score (nSPS) is 11.2. The number of hydrogen-bond acceptors (Lipinski definition) is 1. The highest BCUT2D eigenvalue weighted by Gasteiger charge is 2.19. The van der Waals surface area contributed by atoms with Crippen molar-refractivity contribution in [3.05, 3.63) is 127 Å². The van der Waals surface area contributed by atoms with Gasteiger partial charge in [0, 0.05) is 45.0 Å². The highest BCUT2D eigenvalue weighted by atomic mass is 19.2. The number of aromatic nitrogens is 1. The van der Waals surface area contributed by atoms with E-state index >= 15 is 8.78 Å². The molecular weight excluding hydrogens is 426 g/mol. The molecule has 6 rings (SSSR count). The summed E-state index contributed by atoms with van der Waals surface area (Å²) < 4.78 is 32.3. The first-order chi connectivity index (χ1) is 16.7. The number of hydrogen-bond donors (Lipinski definition) is 1. The summed E-state index contributed by atoms with van der Waals surface area (Å²) in [7, 11) is 0. The number of benzene rings is 5. The van der Waals surface area contributed by atoms with Gasteiger partial charge in [-0.15, -0.1) is 0 Å². The van der Waals surface area contributed by atoms with Crippen molar-refractivity contribution in [3.8, 4) is 16.8 Å². The predicted octanol–water partition coefficient (Wildman–Crippen LogP) is 8.47. The lowest BCUT2D eigenvalue weighted by Gasteiger charge is -2.16. The van der Waals surface area contributed by atoms with Crippen LogP contribution >= 0.6 is 0 Å². The SMILES string of the molecule is Fc1cc(-n2c3ccccc3c3ccccc32)cc(-c2ccccc2Nc2ccccc2)c1F. The summed E-state index contributed by atoms with van der Waals surface area (Å²) >= 11 is 0. The monoisotopic (exact) mass is 446 g/mol. The Labute approximate surface area is 195 Å². The maximum atomic E-state index is 15.2. The van der Waals surface area contributed by atoms with E-state index in [4.69, 9.17) is 0 Å². The molecule has 0 amide bonds. The lowest BCUT2D eigenvalue weighted by atomic mass is 10.0. The maximum Gasteiger partial charge on any atom is 0.166 e. The Kier molecular flexibility index (Phi) is 4.84. The molecule has 0 saturated heterocycles. The molecule has 2 nitrogen and oxygen atoms in total. The smallest absolute Gasteiger partial charge is 0.166 e. The van der Waals surface area contributed by atoms with E-state index in [-0.39, 0.29) is 5.56 Å². The van der Waals surface area contributed by atoms with E-state index in [0.29, 0.717) is 16.9 Å². The third-order valence-corrected chi connectivity index (χ3v) is 6.12. The zero-order valence-corrected chi connectivity index (χ0v) is 18.2. The Bertz CT molecular complexity index is 1600. The second kappa shape index (κ2) is 8.16. The van der Waals surface area contributed by atoms with Gasteiger partial charge in [-0.1, -0.05) is 72.8 Å². The van der Waals surface area contributed by atoms with E-state index in [1.54, 1.807) is 12.1 Å². The maximum absolute atomic E-state index is 15.2. The molecular formula is C30H20F2N2. The van der Waals surface area contributed by atoms with Crippen molar-refractivity contribution in [2.24, 2.45) is 0 Å². The van der Waals surface area contributed by atoms with Crippen molar-refractivity contribution in [1.82, 2.24) is 4.57 Å². The quantitative estimate of drug-likeness (QED) is 0.287. The largest absolute Gasteiger partial charge is 0.355 e. The van der Waals surface area contributed by atoms with Gasteiger partial charge in [0.2, 0.25) is 0 Å². The van der Waals surface area contributed by atoms with Gasteiger partial charge in [0.25, 0.3) is 0 Å². The van der Waals surface area contributed by atoms with Crippen LogP contribution in [0.1, 0.15) is 0 Å². The number of anilines is 2. The Morgan fingerprint density at radius 3 is 1.85 bits per heavy atom. The number of halogens is 2. The highest BCUT2D eigenvalue weighted by molar-refractivity contribution is 6.09. The molecule has 0 atom stereocenters. The second-order valence-corrected chi connectivity index (χ2v) is 8.20. The van der Waals surface area contributed by atoms with Crippen LogP contribution in [-0.2, 0) is 0 Å². The molecule has 0 radical (unpaired) electrons. The lowest BCUT2D eigenvalue weighted by Crippen LogP contribution is -2.00. The number of fused-ring (bicyclic) bond motifs is 3. The van der Waals surface area contributed by atoms with E-state index in [0.717, 1.165) is 27.5 Å². The van der Waals surface area contributed by atoms with Crippen molar-refractivity contribution < 1.29 is 8.78 Å². The molecule has 0 bridgehead atoms. The van der Waals surface area contributed by atoms with Gasteiger partial charge in [-0.3, -0.25) is 0 Å². The van der Waals surface area contributed by atoms with Crippen LogP contribution in [0.25, 0.3) is 38.6 Å². The Morgan fingerprint density at radius 1 is 0.559 bits per heavy atom. The molecule has 34 heavy (non-hydrogen) atoms. The van der Waals surface area contributed by atoms with E-state index in [1.165, 1.54) is 6.07 Å². The minimum atomic E-state index is -0.885. The van der Waals surface area contributed by atoms with E-state index in [1.807, 2.05) is 102 Å². The average Bonchev–Trinajstić information content (AvgIpc) is 3.21. The zero-order chi connectivity index (χ0) is 23.1. The van der Waals surface area contributed by atoms with Gasteiger partial charge < -0.3 is 9.88 Å². The summed E-state index contributed by atoms with van der Waals surface area (Å²) in [5.74, 6) is -1.75. The molecule has 0 aliphatic heterocycles. The topological polar surface area (TPSA) is 17.0 Å². The molecule has 164 valence electrons. The Hall–Kier alpha value is -4.44. The number of rotatable bonds is 4. The third-order valence-electron chi connectivity index (χ3n) is 6.12. The highest BCUT2D eigenvalue weighted by Crippen LogP contribution is 2.37. The van der Waals surface area contributed by atoms with Crippen molar-refractivity contribution in [2.75, 3.05) is 5.32 Å². The molecule has 5 aromatic carbocycles. The first-order valence-electron chi connectivity index (χ1n) is 11.1. The third kappa shape index (κ3) is 3.32. The van der Waals surface area contributed by atoms with Gasteiger partial charge in [-0.05, 0) is 36.4 Å². The van der Waals surface area contributed by atoms with Crippen LogP contribution < -0.4 is 5.32 Å². The van der Waals surface area contributed by atoms with Crippen molar-refractivity contribution >= 4 is 33.2 Å². The number of nitrogens with one attached hydrogen (secondary N) is 1.